The van der Waals surface area contributed by atoms with Crippen LogP contribution >= 0.6 is 0 Å². The average molecular weight is 186 g/mol. The lowest BCUT2D eigenvalue weighted by atomic mass is 9.77. The van der Waals surface area contributed by atoms with Gasteiger partial charge in [-0.3, -0.25) is 4.79 Å². The molecular weight excluding hydrogens is 172 g/mol. The van der Waals surface area contributed by atoms with Gasteiger partial charge in [0, 0.05) is 12.8 Å². The molecule has 0 N–H and O–H groups in total. The molecule has 1 aromatic rings. The van der Waals surface area contributed by atoms with E-state index >= 15 is 0 Å². The Kier molecular flexibility index (Phi) is 1.73. The number of carbonyl (C=O) groups is 1. The number of aryl methyl sites for hydroxylation is 1. The minimum absolute atomic E-state index is 0.469. The highest BCUT2D eigenvalue weighted by molar-refractivity contribution is 5.82. The van der Waals surface area contributed by atoms with Crippen LogP contribution in [0.15, 0.2) is 24.3 Å². The topological polar surface area (TPSA) is 17.1 Å². The van der Waals surface area contributed by atoms with Gasteiger partial charge in [-0.1, -0.05) is 24.3 Å². The summed E-state index contributed by atoms with van der Waals surface area (Å²) in [4.78, 5) is 11.4. The molecule has 0 aliphatic heterocycles. The minimum Gasteiger partial charge on any atom is -0.300 e. The number of benzene rings is 1. The van der Waals surface area contributed by atoms with Gasteiger partial charge in [-0.05, 0) is 35.8 Å². The van der Waals surface area contributed by atoms with Crippen LogP contribution in [0.2, 0.25) is 0 Å². The summed E-state index contributed by atoms with van der Waals surface area (Å²) in [5.74, 6) is 1.67. The first kappa shape index (κ1) is 8.22. The predicted molar refractivity (Wildman–Crippen MR) is 55.2 cm³/mol. The molecule has 1 aromatic carbocycles. The molecule has 0 bridgehead atoms. The van der Waals surface area contributed by atoms with Gasteiger partial charge >= 0.3 is 0 Å². The van der Waals surface area contributed by atoms with Crippen molar-refractivity contribution in [3.8, 4) is 0 Å². The fraction of sp³-hybridized carbons (Fsp3) is 0.462. The Labute approximate surface area is 84.1 Å². The lowest BCUT2D eigenvalue weighted by molar-refractivity contribution is -0.117. The van der Waals surface area contributed by atoms with E-state index in [0.717, 1.165) is 12.8 Å². The largest absolute Gasteiger partial charge is 0.300 e. The second-order valence-electron chi connectivity index (χ2n) is 4.55. The van der Waals surface area contributed by atoms with Gasteiger partial charge in [0.25, 0.3) is 0 Å². The SMILES string of the molecule is O=C1C[C@H]2CCc3ccccc3[C@H]2C1. The average Bonchev–Trinajstić information content (AvgIpc) is 2.59. The molecule has 2 atom stereocenters. The molecule has 1 saturated carbocycles. The molecule has 1 fully saturated rings. The van der Waals surface area contributed by atoms with Crippen LogP contribution in [0.1, 0.15) is 36.3 Å². The summed E-state index contributed by atoms with van der Waals surface area (Å²) in [7, 11) is 0. The van der Waals surface area contributed by atoms with Crippen LogP contribution in [-0.2, 0) is 11.2 Å². The molecule has 72 valence electrons. The third-order valence-electron chi connectivity index (χ3n) is 3.75. The Morgan fingerprint density at radius 3 is 2.93 bits per heavy atom. The van der Waals surface area contributed by atoms with Crippen molar-refractivity contribution < 1.29 is 4.79 Å². The summed E-state index contributed by atoms with van der Waals surface area (Å²) in [6, 6.07) is 8.64. The first-order chi connectivity index (χ1) is 6.84. The summed E-state index contributed by atoms with van der Waals surface area (Å²) in [5, 5.41) is 0. The van der Waals surface area contributed by atoms with E-state index in [2.05, 4.69) is 24.3 Å². The maximum Gasteiger partial charge on any atom is 0.133 e. The lowest BCUT2D eigenvalue weighted by Crippen LogP contribution is -2.15. The molecule has 1 nitrogen and oxygen atoms in total. The van der Waals surface area contributed by atoms with Crippen molar-refractivity contribution in [1.29, 1.82) is 0 Å². The molecule has 0 spiro atoms. The van der Waals surface area contributed by atoms with E-state index in [0.29, 0.717) is 17.6 Å². The second kappa shape index (κ2) is 2.94. The van der Waals surface area contributed by atoms with Gasteiger partial charge in [0.15, 0.2) is 0 Å². The zero-order chi connectivity index (χ0) is 9.54. The van der Waals surface area contributed by atoms with Crippen LogP contribution < -0.4 is 0 Å². The Hall–Kier alpha value is -1.11. The highest BCUT2D eigenvalue weighted by Gasteiger charge is 2.37. The summed E-state index contributed by atoms with van der Waals surface area (Å²) >= 11 is 0. The molecule has 2 aliphatic rings. The normalized spacial score (nSPS) is 29.9. The quantitative estimate of drug-likeness (QED) is 0.609. The smallest absolute Gasteiger partial charge is 0.133 e. The Morgan fingerprint density at radius 1 is 1.14 bits per heavy atom. The van der Waals surface area contributed by atoms with Crippen molar-refractivity contribution in [2.75, 3.05) is 0 Å². The second-order valence-corrected chi connectivity index (χ2v) is 4.55. The number of carbonyl (C=O) groups excluding carboxylic acids is 1. The highest BCUT2D eigenvalue weighted by Crippen LogP contribution is 2.44. The highest BCUT2D eigenvalue weighted by atomic mass is 16.1. The third kappa shape index (κ3) is 1.12. The van der Waals surface area contributed by atoms with Crippen molar-refractivity contribution in [3.63, 3.8) is 0 Å². The summed E-state index contributed by atoms with van der Waals surface area (Å²) in [6.45, 7) is 0. The molecule has 0 radical (unpaired) electrons. The van der Waals surface area contributed by atoms with Gasteiger partial charge in [-0.15, -0.1) is 0 Å². The molecule has 0 amide bonds. The number of fused-ring (bicyclic) bond motifs is 3. The Balaban J connectivity index is 2.05. The molecule has 14 heavy (non-hydrogen) atoms. The zero-order valence-corrected chi connectivity index (χ0v) is 8.20. The summed E-state index contributed by atoms with van der Waals surface area (Å²) in [5.41, 5.74) is 2.93. The molecule has 0 aromatic heterocycles. The van der Waals surface area contributed by atoms with Gasteiger partial charge in [-0.2, -0.15) is 0 Å². The van der Waals surface area contributed by atoms with Crippen molar-refractivity contribution in [2.24, 2.45) is 5.92 Å². The molecule has 1 heteroatoms. The predicted octanol–water partition coefficient (Wildman–Crippen LogP) is 2.70. The molecule has 0 saturated heterocycles. The molecule has 3 rings (SSSR count). The first-order valence-corrected chi connectivity index (χ1v) is 5.44. The van der Waals surface area contributed by atoms with Gasteiger partial charge < -0.3 is 0 Å². The van der Waals surface area contributed by atoms with E-state index in [1.807, 2.05) is 0 Å². The van der Waals surface area contributed by atoms with Crippen LogP contribution in [0.4, 0.5) is 0 Å². The number of ketones is 1. The van der Waals surface area contributed by atoms with Gasteiger partial charge in [-0.25, -0.2) is 0 Å². The monoisotopic (exact) mass is 186 g/mol. The standard InChI is InChI=1S/C13H14O/c14-11-7-10-6-5-9-3-1-2-4-12(9)13(10)8-11/h1-4,10,13H,5-8H2/t10-,13+/m1/s1. The van der Waals surface area contributed by atoms with Crippen molar-refractivity contribution in [1.82, 2.24) is 0 Å². The summed E-state index contributed by atoms with van der Waals surface area (Å²) in [6.07, 6.45) is 4.01. The van der Waals surface area contributed by atoms with Crippen LogP contribution in [0.25, 0.3) is 0 Å². The van der Waals surface area contributed by atoms with Crippen LogP contribution in [0.5, 0.6) is 0 Å². The first-order valence-electron chi connectivity index (χ1n) is 5.44. The fourth-order valence-corrected chi connectivity index (χ4v) is 3.06. The van der Waals surface area contributed by atoms with Crippen LogP contribution in [0.3, 0.4) is 0 Å². The van der Waals surface area contributed by atoms with Crippen LogP contribution in [0, 0.1) is 5.92 Å². The number of hydrogen-bond donors (Lipinski definition) is 0. The molecular formula is C13H14O. The van der Waals surface area contributed by atoms with E-state index < -0.39 is 0 Å². The van der Waals surface area contributed by atoms with E-state index in [-0.39, 0.29) is 0 Å². The maximum atomic E-state index is 11.4. The van der Waals surface area contributed by atoms with Gasteiger partial charge in [0.05, 0.1) is 0 Å². The van der Waals surface area contributed by atoms with Gasteiger partial charge in [0.1, 0.15) is 5.78 Å². The Bertz CT molecular complexity index is 381. The third-order valence-corrected chi connectivity index (χ3v) is 3.75. The number of Topliss-reactive ketones (excluding diaryl/α,β-unsaturated/α-hetero) is 1. The molecule has 0 heterocycles. The van der Waals surface area contributed by atoms with E-state index in [4.69, 9.17) is 0 Å². The minimum atomic E-state index is 0.469. The van der Waals surface area contributed by atoms with Crippen molar-refractivity contribution in [3.05, 3.63) is 35.4 Å². The number of hydrogen-bond acceptors (Lipinski definition) is 1. The van der Waals surface area contributed by atoms with Crippen molar-refractivity contribution in [2.45, 2.75) is 31.6 Å². The van der Waals surface area contributed by atoms with E-state index in [9.17, 15) is 4.79 Å². The van der Waals surface area contributed by atoms with E-state index in [1.165, 1.54) is 24.0 Å². The van der Waals surface area contributed by atoms with Crippen molar-refractivity contribution >= 4 is 5.78 Å². The fourth-order valence-electron chi connectivity index (χ4n) is 3.06. The van der Waals surface area contributed by atoms with E-state index in [1.54, 1.807) is 0 Å². The van der Waals surface area contributed by atoms with Gasteiger partial charge in [0.2, 0.25) is 0 Å². The lowest BCUT2D eigenvalue weighted by Gasteiger charge is -2.27. The Morgan fingerprint density at radius 2 is 2.00 bits per heavy atom. The maximum absolute atomic E-state index is 11.4. The summed E-state index contributed by atoms with van der Waals surface area (Å²) < 4.78 is 0. The molecule has 0 unspecified atom stereocenters. The molecule has 2 aliphatic carbocycles. The van der Waals surface area contributed by atoms with Crippen LogP contribution in [-0.4, -0.2) is 5.78 Å². The number of rotatable bonds is 0. The zero-order valence-electron chi connectivity index (χ0n) is 8.20.